The van der Waals surface area contributed by atoms with Crippen LogP contribution in [0, 0.1) is 6.92 Å². The molecule has 0 aliphatic carbocycles. The minimum absolute atomic E-state index is 0.766. The second-order valence-electron chi connectivity index (χ2n) is 3.88. The fourth-order valence-electron chi connectivity index (χ4n) is 1.63. The van der Waals surface area contributed by atoms with Crippen molar-refractivity contribution < 1.29 is 0 Å². The Labute approximate surface area is 92.3 Å². The third-order valence-corrected chi connectivity index (χ3v) is 2.46. The highest BCUT2D eigenvalue weighted by atomic mass is 15.1. The van der Waals surface area contributed by atoms with Crippen LogP contribution in [0.3, 0.4) is 0 Å². The van der Waals surface area contributed by atoms with E-state index in [0.29, 0.717) is 0 Å². The summed E-state index contributed by atoms with van der Waals surface area (Å²) >= 11 is 0. The predicted octanol–water partition coefficient (Wildman–Crippen LogP) is 1.56. The van der Waals surface area contributed by atoms with Gasteiger partial charge >= 0.3 is 0 Å². The van der Waals surface area contributed by atoms with Crippen molar-refractivity contribution in [1.82, 2.24) is 9.88 Å². The molecule has 1 aromatic heterocycles. The Balaban J connectivity index is 2.50. The van der Waals surface area contributed by atoms with Crippen molar-refractivity contribution in [3.05, 3.63) is 29.6 Å². The van der Waals surface area contributed by atoms with E-state index in [-0.39, 0.29) is 0 Å². The van der Waals surface area contributed by atoms with Crippen molar-refractivity contribution in [2.45, 2.75) is 26.8 Å². The normalized spacial score (nSPS) is 10.9. The molecule has 1 aromatic rings. The van der Waals surface area contributed by atoms with Gasteiger partial charge in [0, 0.05) is 18.9 Å². The smallest absolute Gasteiger partial charge is 0.0313 e. The number of hydrogen-bond acceptors (Lipinski definition) is 3. The molecule has 0 radical (unpaired) electrons. The molecule has 84 valence electrons. The van der Waals surface area contributed by atoms with Crippen LogP contribution in [0.5, 0.6) is 0 Å². The summed E-state index contributed by atoms with van der Waals surface area (Å²) in [7, 11) is 0. The van der Waals surface area contributed by atoms with E-state index in [0.717, 1.165) is 32.6 Å². The summed E-state index contributed by atoms with van der Waals surface area (Å²) in [6, 6.07) is 2.19. The van der Waals surface area contributed by atoms with Crippen molar-refractivity contribution in [2.75, 3.05) is 19.6 Å². The Hall–Kier alpha value is -0.930. The average Bonchev–Trinajstić information content (AvgIpc) is 2.24. The van der Waals surface area contributed by atoms with E-state index in [1.165, 1.54) is 11.1 Å². The van der Waals surface area contributed by atoms with Gasteiger partial charge in [-0.05, 0) is 44.1 Å². The third-order valence-electron chi connectivity index (χ3n) is 2.46. The zero-order valence-corrected chi connectivity index (χ0v) is 9.74. The number of rotatable bonds is 6. The van der Waals surface area contributed by atoms with Crippen LogP contribution in [0.25, 0.3) is 0 Å². The second-order valence-corrected chi connectivity index (χ2v) is 3.88. The van der Waals surface area contributed by atoms with Crippen molar-refractivity contribution in [1.29, 1.82) is 0 Å². The van der Waals surface area contributed by atoms with E-state index in [9.17, 15) is 0 Å². The van der Waals surface area contributed by atoms with Gasteiger partial charge in [0.1, 0.15) is 0 Å². The molecule has 1 heterocycles. The number of nitrogens with two attached hydrogens (primary N) is 1. The van der Waals surface area contributed by atoms with Gasteiger partial charge in [0.15, 0.2) is 0 Å². The molecule has 0 fully saturated rings. The monoisotopic (exact) mass is 207 g/mol. The molecule has 0 unspecified atom stereocenters. The fraction of sp³-hybridized carbons (Fsp3) is 0.583. The molecule has 0 saturated heterocycles. The van der Waals surface area contributed by atoms with E-state index >= 15 is 0 Å². The summed E-state index contributed by atoms with van der Waals surface area (Å²) in [5.41, 5.74) is 8.02. The molecule has 0 atom stereocenters. The summed E-state index contributed by atoms with van der Waals surface area (Å²) in [5.74, 6) is 0. The number of pyridine rings is 1. The lowest BCUT2D eigenvalue weighted by molar-refractivity contribution is 0.277. The second kappa shape index (κ2) is 6.53. The molecule has 0 bridgehead atoms. The van der Waals surface area contributed by atoms with Crippen molar-refractivity contribution in [3.8, 4) is 0 Å². The van der Waals surface area contributed by atoms with Gasteiger partial charge < -0.3 is 5.73 Å². The lowest BCUT2D eigenvalue weighted by Crippen LogP contribution is -2.25. The van der Waals surface area contributed by atoms with Crippen molar-refractivity contribution >= 4 is 0 Å². The first-order valence-electron chi connectivity index (χ1n) is 5.59. The molecule has 0 amide bonds. The van der Waals surface area contributed by atoms with Gasteiger partial charge in [0.25, 0.3) is 0 Å². The molecule has 0 aliphatic rings. The highest BCUT2D eigenvalue weighted by molar-refractivity contribution is 5.16. The van der Waals surface area contributed by atoms with Gasteiger partial charge in [0.05, 0.1) is 0 Å². The zero-order chi connectivity index (χ0) is 11.1. The highest BCUT2D eigenvalue weighted by Gasteiger charge is 2.03. The van der Waals surface area contributed by atoms with E-state index in [1.807, 2.05) is 12.4 Å². The lowest BCUT2D eigenvalue weighted by Gasteiger charge is -2.19. The summed E-state index contributed by atoms with van der Waals surface area (Å²) in [6.07, 6.45) is 4.89. The van der Waals surface area contributed by atoms with Crippen LogP contribution in [-0.2, 0) is 6.54 Å². The number of aryl methyl sites for hydroxylation is 1. The minimum atomic E-state index is 0.766. The minimum Gasteiger partial charge on any atom is -0.330 e. The van der Waals surface area contributed by atoms with E-state index < -0.39 is 0 Å². The first kappa shape index (κ1) is 12.1. The lowest BCUT2D eigenvalue weighted by atomic mass is 10.2. The molecule has 1 rings (SSSR count). The van der Waals surface area contributed by atoms with Crippen LogP contribution in [0.15, 0.2) is 18.5 Å². The van der Waals surface area contributed by atoms with E-state index in [1.54, 1.807) is 0 Å². The Morgan fingerprint density at radius 2 is 2.20 bits per heavy atom. The molecular formula is C12H21N3. The quantitative estimate of drug-likeness (QED) is 0.769. The van der Waals surface area contributed by atoms with Crippen molar-refractivity contribution in [3.63, 3.8) is 0 Å². The molecule has 0 saturated carbocycles. The maximum Gasteiger partial charge on any atom is 0.0313 e. The van der Waals surface area contributed by atoms with Crippen LogP contribution in [-0.4, -0.2) is 29.5 Å². The molecule has 0 aromatic carbocycles. The Kier molecular flexibility index (Phi) is 5.29. The van der Waals surface area contributed by atoms with E-state index in [4.69, 9.17) is 5.73 Å². The number of aromatic nitrogens is 1. The highest BCUT2D eigenvalue weighted by Crippen LogP contribution is 2.05. The Morgan fingerprint density at radius 3 is 2.80 bits per heavy atom. The molecular weight excluding hydrogens is 186 g/mol. The van der Waals surface area contributed by atoms with Gasteiger partial charge in [-0.25, -0.2) is 0 Å². The largest absolute Gasteiger partial charge is 0.330 e. The van der Waals surface area contributed by atoms with Crippen molar-refractivity contribution in [2.24, 2.45) is 5.73 Å². The van der Waals surface area contributed by atoms with Gasteiger partial charge in [-0.1, -0.05) is 13.0 Å². The van der Waals surface area contributed by atoms with Gasteiger partial charge in [-0.2, -0.15) is 0 Å². The van der Waals surface area contributed by atoms with E-state index in [2.05, 4.69) is 29.8 Å². The first-order chi connectivity index (χ1) is 7.26. The molecule has 2 N–H and O–H groups in total. The summed E-state index contributed by atoms with van der Waals surface area (Å²) in [6.45, 7) is 8.13. The van der Waals surface area contributed by atoms with Crippen LogP contribution >= 0.6 is 0 Å². The summed E-state index contributed by atoms with van der Waals surface area (Å²) in [5, 5.41) is 0. The zero-order valence-electron chi connectivity index (χ0n) is 9.74. The average molecular weight is 207 g/mol. The topological polar surface area (TPSA) is 42.1 Å². The Bertz CT molecular complexity index is 286. The SMILES string of the molecule is CCN(CCCN)Cc1cncc(C)c1. The van der Waals surface area contributed by atoms with Crippen LogP contribution in [0.4, 0.5) is 0 Å². The molecule has 3 heteroatoms. The summed E-state index contributed by atoms with van der Waals surface area (Å²) < 4.78 is 0. The molecule has 15 heavy (non-hydrogen) atoms. The van der Waals surface area contributed by atoms with Crippen LogP contribution in [0.2, 0.25) is 0 Å². The van der Waals surface area contributed by atoms with Crippen LogP contribution in [0.1, 0.15) is 24.5 Å². The molecule has 3 nitrogen and oxygen atoms in total. The third kappa shape index (κ3) is 4.40. The van der Waals surface area contributed by atoms with Gasteiger partial charge in [0.2, 0.25) is 0 Å². The Morgan fingerprint density at radius 1 is 1.40 bits per heavy atom. The standard InChI is InChI=1S/C12H21N3/c1-3-15(6-4-5-13)10-12-7-11(2)8-14-9-12/h7-9H,3-6,10,13H2,1-2H3. The van der Waals surface area contributed by atoms with Crippen LogP contribution < -0.4 is 5.73 Å². The molecule has 0 aliphatic heterocycles. The number of nitrogens with zero attached hydrogens (tertiary/aromatic N) is 2. The van der Waals surface area contributed by atoms with Gasteiger partial charge in [-0.3, -0.25) is 9.88 Å². The fourth-order valence-corrected chi connectivity index (χ4v) is 1.63. The number of hydrogen-bond donors (Lipinski definition) is 1. The maximum absolute atomic E-state index is 5.51. The molecule has 0 spiro atoms. The summed E-state index contributed by atoms with van der Waals surface area (Å²) in [4.78, 5) is 6.59. The predicted molar refractivity (Wildman–Crippen MR) is 63.6 cm³/mol. The first-order valence-corrected chi connectivity index (χ1v) is 5.59. The van der Waals surface area contributed by atoms with Gasteiger partial charge in [-0.15, -0.1) is 0 Å². The maximum atomic E-state index is 5.51.